The molecule has 0 amide bonds. The maximum Gasteiger partial charge on any atom is 0.112 e. The SMILES string of the molecule is Cc1[nH]c(C(C)(C)CCN)nc1-c1cccs1. The zero-order valence-electron chi connectivity index (χ0n) is 10.6. The quantitative estimate of drug-likeness (QED) is 0.875. The molecule has 3 nitrogen and oxygen atoms in total. The molecule has 2 heterocycles. The summed E-state index contributed by atoms with van der Waals surface area (Å²) in [6.07, 6.45) is 0.934. The summed E-state index contributed by atoms with van der Waals surface area (Å²) in [5, 5.41) is 2.08. The van der Waals surface area contributed by atoms with Gasteiger partial charge in [-0.25, -0.2) is 4.98 Å². The number of nitrogens with one attached hydrogen (secondary N) is 1. The highest BCUT2D eigenvalue weighted by atomic mass is 32.1. The summed E-state index contributed by atoms with van der Waals surface area (Å²) in [4.78, 5) is 9.36. The van der Waals surface area contributed by atoms with Gasteiger partial charge in [-0.1, -0.05) is 19.9 Å². The first-order valence-corrected chi connectivity index (χ1v) is 6.73. The molecule has 92 valence electrons. The van der Waals surface area contributed by atoms with E-state index in [0.29, 0.717) is 6.54 Å². The molecule has 0 fully saturated rings. The number of imidazole rings is 1. The first-order valence-electron chi connectivity index (χ1n) is 5.85. The fourth-order valence-electron chi connectivity index (χ4n) is 1.91. The number of rotatable bonds is 4. The van der Waals surface area contributed by atoms with Gasteiger partial charge in [-0.2, -0.15) is 0 Å². The standard InChI is InChI=1S/C13H19N3S/c1-9-11(10-5-4-8-17-10)16-12(15-9)13(2,3)6-7-14/h4-5,8H,6-7,14H2,1-3H3,(H,15,16). The molecule has 0 saturated carbocycles. The van der Waals surface area contributed by atoms with Crippen molar-refractivity contribution in [1.82, 2.24) is 9.97 Å². The van der Waals surface area contributed by atoms with Gasteiger partial charge in [0.15, 0.2) is 0 Å². The Hall–Kier alpha value is -1.13. The van der Waals surface area contributed by atoms with Crippen molar-refractivity contribution in [3.05, 3.63) is 29.0 Å². The number of hydrogen-bond acceptors (Lipinski definition) is 3. The van der Waals surface area contributed by atoms with E-state index in [0.717, 1.165) is 23.6 Å². The third kappa shape index (κ3) is 2.42. The van der Waals surface area contributed by atoms with Crippen molar-refractivity contribution in [2.75, 3.05) is 6.54 Å². The summed E-state index contributed by atoms with van der Waals surface area (Å²) in [7, 11) is 0. The van der Waals surface area contributed by atoms with Gasteiger partial charge in [0.1, 0.15) is 11.5 Å². The van der Waals surface area contributed by atoms with Gasteiger partial charge >= 0.3 is 0 Å². The largest absolute Gasteiger partial charge is 0.345 e. The van der Waals surface area contributed by atoms with Crippen molar-refractivity contribution in [3.8, 4) is 10.6 Å². The van der Waals surface area contributed by atoms with Crippen LogP contribution in [-0.2, 0) is 5.41 Å². The summed E-state index contributed by atoms with van der Waals surface area (Å²) >= 11 is 1.72. The summed E-state index contributed by atoms with van der Waals surface area (Å²) < 4.78 is 0. The number of aromatic amines is 1. The van der Waals surface area contributed by atoms with Gasteiger partial charge in [0.05, 0.1) is 4.88 Å². The van der Waals surface area contributed by atoms with E-state index in [9.17, 15) is 0 Å². The number of aryl methyl sites for hydroxylation is 1. The lowest BCUT2D eigenvalue weighted by atomic mass is 9.88. The molecule has 17 heavy (non-hydrogen) atoms. The highest BCUT2D eigenvalue weighted by molar-refractivity contribution is 7.13. The van der Waals surface area contributed by atoms with Crippen LogP contribution in [0.25, 0.3) is 10.6 Å². The smallest absolute Gasteiger partial charge is 0.112 e. The minimum Gasteiger partial charge on any atom is -0.345 e. The summed E-state index contributed by atoms with van der Waals surface area (Å²) in [5.74, 6) is 1.03. The van der Waals surface area contributed by atoms with Crippen molar-refractivity contribution in [1.29, 1.82) is 0 Å². The van der Waals surface area contributed by atoms with E-state index in [2.05, 4.69) is 43.3 Å². The monoisotopic (exact) mass is 249 g/mol. The molecule has 2 aromatic rings. The average molecular weight is 249 g/mol. The molecule has 0 unspecified atom stereocenters. The predicted molar refractivity (Wildman–Crippen MR) is 73.3 cm³/mol. The Bertz CT molecular complexity index is 483. The lowest BCUT2D eigenvalue weighted by Gasteiger charge is -2.20. The van der Waals surface area contributed by atoms with E-state index < -0.39 is 0 Å². The van der Waals surface area contributed by atoms with Crippen molar-refractivity contribution < 1.29 is 0 Å². The number of nitrogens with zero attached hydrogens (tertiary/aromatic N) is 1. The highest BCUT2D eigenvalue weighted by Crippen LogP contribution is 2.30. The summed E-state index contributed by atoms with van der Waals surface area (Å²) in [5.41, 5.74) is 7.86. The summed E-state index contributed by atoms with van der Waals surface area (Å²) in [6, 6.07) is 4.16. The molecule has 4 heteroatoms. The predicted octanol–water partition coefficient (Wildman–Crippen LogP) is 3.07. The second-order valence-electron chi connectivity index (χ2n) is 4.96. The highest BCUT2D eigenvalue weighted by Gasteiger charge is 2.24. The van der Waals surface area contributed by atoms with Crippen LogP contribution in [0.1, 0.15) is 31.8 Å². The van der Waals surface area contributed by atoms with E-state index in [4.69, 9.17) is 10.7 Å². The van der Waals surface area contributed by atoms with Crippen LogP contribution in [0.3, 0.4) is 0 Å². The maximum atomic E-state index is 5.65. The Morgan fingerprint density at radius 1 is 1.47 bits per heavy atom. The normalized spacial score (nSPS) is 12.0. The van der Waals surface area contributed by atoms with Gasteiger partial charge < -0.3 is 10.7 Å². The number of H-pyrrole nitrogens is 1. The third-order valence-electron chi connectivity index (χ3n) is 3.05. The second kappa shape index (κ2) is 4.63. The minimum absolute atomic E-state index is 0.00895. The van der Waals surface area contributed by atoms with Crippen molar-refractivity contribution in [2.24, 2.45) is 5.73 Å². The zero-order valence-corrected chi connectivity index (χ0v) is 11.4. The fraction of sp³-hybridized carbons (Fsp3) is 0.462. The van der Waals surface area contributed by atoms with Gasteiger partial charge in [0, 0.05) is 11.1 Å². The van der Waals surface area contributed by atoms with Crippen LogP contribution in [0.5, 0.6) is 0 Å². The van der Waals surface area contributed by atoms with Gasteiger partial charge in [0.25, 0.3) is 0 Å². The van der Waals surface area contributed by atoms with E-state index in [1.165, 1.54) is 4.88 Å². The van der Waals surface area contributed by atoms with Gasteiger partial charge in [-0.05, 0) is 31.3 Å². The van der Waals surface area contributed by atoms with Crippen LogP contribution in [0, 0.1) is 6.92 Å². The summed E-state index contributed by atoms with van der Waals surface area (Å²) in [6.45, 7) is 7.11. The molecule has 0 aliphatic carbocycles. The van der Waals surface area contributed by atoms with Crippen molar-refractivity contribution >= 4 is 11.3 Å². The molecule has 0 aromatic carbocycles. The first kappa shape index (κ1) is 12.3. The first-order chi connectivity index (χ1) is 8.04. The van der Waals surface area contributed by atoms with Crippen LogP contribution in [0.2, 0.25) is 0 Å². The van der Waals surface area contributed by atoms with Gasteiger partial charge in [-0.15, -0.1) is 11.3 Å². The number of nitrogens with two attached hydrogens (primary N) is 1. The lowest BCUT2D eigenvalue weighted by Crippen LogP contribution is -2.23. The molecule has 0 aliphatic rings. The van der Waals surface area contributed by atoms with Crippen molar-refractivity contribution in [2.45, 2.75) is 32.6 Å². The van der Waals surface area contributed by atoms with E-state index in [1.54, 1.807) is 11.3 Å². The molecule has 0 radical (unpaired) electrons. The van der Waals surface area contributed by atoms with Crippen LogP contribution in [0.15, 0.2) is 17.5 Å². The topological polar surface area (TPSA) is 54.7 Å². The van der Waals surface area contributed by atoms with Crippen LogP contribution in [-0.4, -0.2) is 16.5 Å². The van der Waals surface area contributed by atoms with Crippen LogP contribution >= 0.6 is 11.3 Å². The number of aromatic nitrogens is 2. The Balaban J connectivity index is 2.37. The Kier molecular flexibility index (Phi) is 3.35. The Morgan fingerprint density at radius 2 is 2.24 bits per heavy atom. The van der Waals surface area contributed by atoms with E-state index in [1.807, 2.05) is 0 Å². The van der Waals surface area contributed by atoms with Crippen LogP contribution in [0.4, 0.5) is 0 Å². The van der Waals surface area contributed by atoms with Gasteiger partial charge in [-0.3, -0.25) is 0 Å². The molecule has 0 bridgehead atoms. The molecule has 2 rings (SSSR count). The molecule has 0 atom stereocenters. The van der Waals surface area contributed by atoms with Crippen LogP contribution < -0.4 is 5.73 Å². The molecule has 0 spiro atoms. The van der Waals surface area contributed by atoms with E-state index in [-0.39, 0.29) is 5.41 Å². The van der Waals surface area contributed by atoms with Crippen molar-refractivity contribution in [3.63, 3.8) is 0 Å². The zero-order chi connectivity index (χ0) is 12.5. The average Bonchev–Trinajstić information content (AvgIpc) is 2.85. The minimum atomic E-state index is 0.00895. The molecular formula is C13H19N3S. The Labute approximate surface area is 106 Å². The maximum absolute atomic E-state index is 5.65. The molecule has 2 aromatic heterocycles. The Morgan fingerprint density at radius 3 is 2.82 bits per heavy atom. The molecule has 3 N–H and O–H groups in total. The van der Waals surface area contributed by atoms with Gasteiger partial charge in [0.2, 0.25) is 0 Å². The second-order valence-corrected chi connectivity index (χ2v) is 5.91. The third-order valence-corrected chi connectivity index (χ3v) is 3.93. The number of hydrogen-bond donors (Lipinski definition) is 2. The molecular weight excluding hydrogens is 230 g/mol. The molecule has 0 saturated heterocycles. The lowest BCUT2D eigenvalue weighted by molar-refractivity contribution is 0.461. The molecule has 0 aliphatic heterocycles. The van der Waals surface area contributed by atoms with E-state index >= 15 is 0 Å². The number of thiophene rings is 1. The fourth-order valence-corrected chi connectivity index (χ4v) is 2.68.